The van der Waals surface area contributed by atoms with Gasteiger partial charge in [0.1, 0.15) is 0 Å². The minimum absolute atomic E-state index is 0.842. The molecule has 2 aromatic rings. The zero-order chi connectivity index (χ0) is 14.1. The van der Waals surface area contributed by atoms with Gasteiger partial charge in [-0.05, 0) is 47.4 Å². The second kappa shape index (κ2) is 5.52. The molecule has 0 heterocycles. The fraction of sp³-hybridized carbons (Fsp3) is 0.333. The van der Waals surface area contributed by atoms with Crippen molar-refractivity contribution in [2.45, 2.75) is 38.5 Å². The Morgan fingerprint density at radius 2 is 1.57 bits per heavy atom. The molecule has 0 heteroatoms. The first-order chi connectivity index (χ1) is 10.4. The van der Waals surface area contributed by atoms with Gasteiger partial charge in [0.25, 0.3) is 0 Å². The molecular weight excluding hydrogens is 252 g/mol. The van der Waals surface area contributed by atoms with Crippen molar-refractivity contribution < 1.29 is 0 Å². The Morgan fingerprint density at radius 1 is 0.762 bits per heavy atom. The van der Waals surface area contributed by atoms with E-state index in [1.165, 1.54) is 60.8 Å². The van der Waals surface area contributed by atoms with Crippen molar-refractivity contribution in [3.63, 3.8) is 0 Å². The number of rotatable bonds is 2. The number of benzene rings is 2. The molecule has 2 aromatic carbocycles. The van der Waals surface area contributed by atoms with Crippen LogP contribution in [0.25, 0.3) is 17.2 Å². The lowest BCUT2D eigenvalue weighted by atomic mass is 9.83. The lowest BCUT2D eigenvalue weighted by Crippen LogP contribution is -2.08. The van der Waals surface area contributed by atoms with Gasteiger partial charge in [0.2, 0.25) is 0 Å². The largest absolute Gasteiger partial charge is 0.0622 e. The van der Waals surface area contributed by atoms with Crippen molar-refractivity contribution in [1.82, 2.24) is 0 Å². The van der Waals surface area contributed by atoms with Crippen LogP contribution in [0.3, 0.4) is 0 Å². The topological polar surface area (TPSA) is 0 Å². The quantitative estimate of drug-likeness (QED) is 0.642. The average molecular weight is 274 g/mol. The van der Waals surface area contributed by atoms with Crippen LogP contribution < -0.4 is 0 Å². The van der Waals surface area contributed by atoms with E-state index in [0.29, 0.717) is 0 Å². The van der Waals surface area contributed by atoms with E-state index >= 15 is 0 Å². The fourth-order valence-corrected chi connectivity index (χ4v) is 4.00. The number of fused-ring (bicyclic) bond motifs is 1. The third-order valence-corrected chi connectivity index (χ3v) is 5.14. The van der Waals surface area contributed by atoms with Crippen molar-refractivity contribution in [2.75, 3.05) is 0 Å². The van der Waals surface area contributed by atoms with Crippen LogP contribution in [0.4, 0.5) is 0 Å². The summed E-state index contributed by atoms with van der Waals surface area (Å²) in [5, 5.41) is 0. The molecule has 0 amide bonds. The Balaban J connectivity index is 1.71. The molecule has 1 saturated carbocycles. The lowest BCUT2D eigenvalue weighted by Gasteiger charge is -2.22. The minimum atomic E-state index is 0.842. The van der Waals surface area contributed by atoms with Crippen LogP contribution in [0.1, 0.15) is 43.2 Å². The first kappa shape index (κ1) is 12.9. The summed E-state index contributed by atoms with van der Waals surface area (Å²) >= 11 is 0. The maximum atomic E-state index is 2.51. The highest BCUT2D eigenvalue weighted by Crippen LogP contribution is 2.40. The zero-order valence-corrected chi connectivity index (χ0v) is 12.5. The Labute approximate surface area is 127 Å². The molecule has 0 nitrogen and oxygen atoms in total. The lowest BCUT2D eigenvalue weighted by molar-refractivity contribution is 0.401. The molecule has 2 aliphatic carbocycles. The Kier molecular flexibility index (Phi) is 3.39. The monoisotopic (exact) mass is 274 g/mol. The van der Waals surface area contributed by atoms with Gasteiger partial charge in [-0.3, -0.25) is 0 Å². The van der Waals surface area contributed by atoms with Crippen LogP contribution in [0.15, 0.2) is 54.1 Å². The van der Waals surface area contributed by atoms with Gasteiger partial charge < -0.3 is 0 Å². The summed E-state index contributed by atoms with van der Waals surface area (Å²) in [5.41, 5.74) is 7.43. The van der Waals surface area contributed by atoms with Crippen molar-refractivity contribution in [3.8, 4) is 11.1 Å². The molecule has 0 N–H and O–H groups in total. The van der Waals surface area contributed by atoms with E-state index in [9.17, 15) is 0 Å². The third-order valence-electron chi connectivity index (χ3n) is 5.14. The highest BCUT2D eigenvalue weighted by atomic mass is 14.3. The van der Waals surface area contributed by atoms with E-state index in [4.69, 9.17) is 0 Å². The van der Waals surface area contributed by atoms with Gasteiger partial charge in [0, 0.05) is 0 Å². The summed E-state index contributed by atoms with van der Waals surface area (Å²) in [6, 6.07) is 17.6. The highest BCUT2D eigenvalue weighted by molar-refractivity contribution is 5.80. The van der Waals surface area contributed by atoms with Gasteiger partial charge in [0.15, 0.2) is 0 Å². The maximum absolute atomic E-state index is 2.51. The van der Waals surface area contributed by atoms with Crippen LogP contribution >= 0.6 is 0 Å². The number of hydrogen-bond acceptors (Lipinski definition) is 0. The summed E-state index contributed by atoms with van der Waals surface area (Å²) in [6.07, 6.45) is 10.8. The summed E-state index contributed by atoms with van der Waals surface area (Å²) in [5.74, 6) is 0.842. The van der Waals surface area contributed by atoms with Crippen molar-refractivity contribution >= 4 is 6.08 Å². The maximum Gasteiger partial charge on any atom is -0.00548 e. The van der Waals surface area contributed by atoms with E-state index in [2.05, 4.69) is 54.6 Å². The van der Waals surface area contributed by atoms with E-state index in [-0.39, 0.29) is 0 Å². The SMILES string of the molecule is C1=C(C2CCCCC2)Cc2cccc(-c3ccccc3)c21. The normalized spacial score (nSPS) is 18.4. The standard InChI is InChI=1S/C21H22/c1-3-8-16(9-4-1)19-14-18-12-7-13-20(21(18)15-19)17-10-5-2-6-11-17/h2,5-7,10-13,15-16H,1,3-4,8-9,14H2. The Morgan fingerprint density at radius 3 is 2.38 bits per heavy atom. The van der Waals surface area contributed by atoms with Crippen LogP contribution in [-0.2, 0) is 6.42 Å². The molecular formula is C21H22. The van der Waals surface area contributed by atoms with E-state index < -0.39 is 0 Å². The van der Waals surface area contributed by atoms with Crippen molar-refractivity contribution in [1.29, 1.82) is 0 Å². The molecule has 0 saturated heterocycles. The molecule has 4 rings (SSSR count). The van der Waals surface area contributed by atoms with Gasteiger partial charge in [-0.2, -0.15) is 0 Å². The molecule has 2 aliphatic rings. The van der Waals surface area contributed by atoms with Crippen molar-refractivity contribution in [2.24, 2.45) is 5.92 Å². The molecule has 0 unspecified atom stereocenters. The number of allylic oxidation sites excluding steroid dienone is 1. The van der Waals surface area contributed by atoms with Gasteiger partial charge in [0.05, 0.1) is 0 Å². The van der Waals surface area contributed by atoms with Crippen LogP contribution in [-0.4, -0.2) is 0 Å². The molecule has 0 spiro atoms. The summed E-state index contributed by atoms with van der Waals surface area (Å²) in [6.45, 7) is 0. The van der Waals surface area contributed by atoms with Gasteiger partial charge in [-0.1, -0.05) is 79.4 Å². The van der Waals surface area contributed by atoms with Crippen LogP contribution in [0.5, 0.6) is 0 Å². The summed E-state index contributed by atoms with van der Waals surface area (Å²) in [4.78, 5) is 0. The van der Waals surface area contributed by atoms with Crippen LogP contribution in [0, 0.1) is 5.92 Å². The molecule has 0 aromatic heterocycles. The molecule has 1 fully saturated rings. The number of hydrogen-bond donors (Lipinski definition) is 0. The molecule has 106 valence electrons. The van der Waals surface area contributed by atoms with Gasteiger partial charge >= 0.3 is 0 Å². The molecule has 0 radical (unpaired) electrons. The average Bonchev–Trinajstić information content (AvgIpc) is 3.00. The van der Waals surface area contributed by atoms with E-state index in [0.717, 1.165) is 5.92 Å². The third kappa shape index (κ3) is 2.44. The summed E-state index contributed by atoms with van der Waals surface area (Å²) < 4.78 is 0. The molecule has 0 atom stereocenters. The highest BCUT2D eigenvalue weighted by Gasteiger charge is 2.23. The summed E-state index contributed by atoms with van der Waals surface area (Å²) in [7, 11) is 0. The Hall–Kier alpha value is -1.82. The second-order valence-electron chi connectivity index (χ2n) is 6.48. The fourth-order valence-electron chi connectivity index (χ4n) is 4.00. The predicted molar refractivity (Wildman–Crippen MR) is 90.1 cm³/mol. The smallest absolute Gasteiger partial charge is 0.00548 e. The minimum Gasteiger partial charge on any atom is -0.0622 e. The van der Waals surface area contributed by atoms with E-state index in [1.807, 2.05) is 0 Å². The van der Waals surface area contributed by atoms with Gasteiger partial charge in [-0.15, -0.1) is 0 Å². The van der Waals surface area contributed by atoms with Gasteiger partial charge in [-0.25, -0.2) is 0 Å². The molecule has 21 heavy (non-hydrogen) atoms. The van der Waals surface area contributed by atoms with E-state index in [1.54, 1.807) is 5.57 Å². The van der Waals surface area contributed by atoms with Crippen molar-refractivity contribution in [3.05, 3.63) is 65.2 Å². The Bertz CT molecular complexity index is 658. The molecule has 0 aliphatic heterocycles. The first-order valence-corrected chi connectivity index (χ1v) is 8.29. The first-order valence-electron chi connectivity index (χ1n) is 8.29. The van der Waals surface area contributed by atoms with Crippen LogP contribution in [0.2, 0.25) is 0 Å². The molecule has 0 bridgehead atoms. The predicted octanol–water partition coefficient (Wildman–Crippen LogP) is 5.87. The second-order valence-corrected chi connectivity index (χ2v) is 6.48. The zero-order valence-electron chi connectivity index (χ0n) is 12.5.